The first-order chi connectivity index (χ1) is 13.5. The van der Waals surface area contributed by atoms with Crippen molar-refractivity contribution >= 4 is 17.7 Å². The maximum Gasteiger partial charge on any atom is 0.236 e. The van der Waals surface area contributed by atoms with Crippen LogP contribution < -0.4 is 0 Å². The number of nitrogens with zero attached hydrogens (tertiary/aromatic N) is 4. The molecule has 0 N–H and O–H groups in total. The van der Waals surface area contributed by atoms with Crippen molar-refractivity contribution in [3.63, 3.8) is 0 Å². The normalized spacial score (nSPS) is 12.0. The minimum absolute atomic E-state index is 0.103. The van der Waals surface area contributed by atoms with Crippen LogP contribution >= 0.6 is 11.8 Å². The van der Waals surface area contributed by atoms with Gasteiger partial charge in [-0.2, -0.15) is 0 Å². The first kappa shape index (κ1) is 20.1. The zero-order valence-corrected chi connectivity index (χ0v) is 17.6. The van der Waals surface area contributed by atoms with Crippen molar-refractivity contribution in [2.45, 2.75) is 44.6 Å². The molecule has 2 aromatic carbocycles. The van der Waals surface area contributed by atoms with Gasteiger partial charge in [0.1, 0.15) is 6.33 Å². The van der Waals surface area contributed by atoms with Crippen LogP contribution in [0.1, 0.15) is 30.5 Å². The molecule has 0 saturated carbocycles. The number of hydrogen-bond acceptors (Lipinski definition) is 4. The Bertz CT molecular complexity index is 939. The molecule has 3 aromatic rings. The average Bonchev–Trinajstić information content (AvgIpc) is 3.14. The molecular formula is C22H26N4OS. The Morgan fingerprint density at radius 1 is 1.18 bits per heavy atom. The molecule has 0 aliphatic heterocycles. The smallest absolute Gasteiger partial charge is 0.236 e. The molecule has 28 heavy (non-hydrogen) atoms. The van der Waals surface area contributed by atoms with Crippen LogP contribution in [0.4, 0.5) is 0 Å². The Kier molecular flexibility index (Phi) is 6.52. The van der Waals surface area contributed by atoms with Gasteiger partial charge in [-0.25, -0.2) is 0 Å². The molecule has 0 fully saturated rings. The summed E-state index contributed by atoms with van der Waals surface area (Å²) >= 11 is 1.45. The third-order valence-corrected chi connectivity index (χ3v) is 5.71. The molecule has 0 aliphatic carbocycles. The summed E-state index contributed by atoms with van der Waals surface area (Å²) in [6.45, 7) is 9.38. The third-order valence-electron chi connectivity index (χ3n) is 4.67. The number of carbonyl (C=O) groups excluding carboxylic acids is 1. The van der Waals surface area contributed by atoms with E-state index in [1.165, 1.54) is 17.3 Å². The summed E-state index contributed by atoms with van der Waals surface area (Å²) in [6, 6.07) is 16.4. The van der Waals surface area contributed by atoms with Crippen LogP contribution in [0, 0.1) is 13.8 Å². The van der Waals surface area contributed by atoms with E-state index < -0.39 is 0 Å². The predicted molar refractivity (Wildman–Crippen MR) is 114 cm³/mol. The number of amides is 1. The van der Waals surface area contributed by atoms with Crippen molar-refractivity contribution < 1.29 is 4.79 Å². The van der Waals surface area contributed by atoms with E-state index >= 15 is 0 Å². The molecule has 1 atom stereocenters. The van der Waals surface area contributed by atoms with Gasteiger partial charge in [-0.05, 0) is 44.9 Å². The quantitative estimate of drug-likeness (QED) is 0.557. The fourth-order valence-electron chi connectivity index (χ4n) is 3.16. The fraction of sp³-hybridized carbons (Fsp3) is 0.318. The monoisotopic (exact) mass is 394 g/mol. The highest BCUT2D eigenvalue weighted by Gasteiger charge is 2.23. The zero-order valence-electron chi connectivity index (χ0n) is 16.8. The summed E-state index contributed by atoms with van der Waals surface area (Å²) in [4.78, 5) is 14.9. The van der Waals surface area contributed by atoms with Gasteiger partial charge in [-0.1, -0.05) is 59.8 Å². The van der Waals surface area contributed by atoms with E-state index in [1.54, 1.807) is 6.33 Å². The molecular weight excluding hydrogens is 368 g/mol. The highest BCUT2D eigenvalue weighted by atomic mass is 32.2. The topological polar surface area (TPSA) is 51.0 Å². The summed E-state index contributed by atoms with van der Waals surface area (Å²) in [5.41, 5.74) is 4.54. The molecule has 0 aliphatic rings. The Hall–Kier alpha value is -2.60. The molecule has 1 unspecified atom stereocenters. The number of thioether (sulfide) groups is 1. The molecule has 0 spiro atoms. The summed E-state index contributed by atoms with van der Waals surface area (Å²) in [5.74, 6) is 0.103. The lowest BCUT2D eigenvalue weighted by Crippen LogP contribution is -2.36. The average molecular weight is 395 g/mol. The van der Waals surface area contributed by atoms with Crippen molar-refractivity contribution in [3.8, 4) is 5.69 Å². The second-order valence-corrected chi connectivity index (χ2v) is 8.18. The SMILES string of the molecule is CCN(Cc1ccccc1)C(=O)C(C)Sc1nncn1-c1ccc(C)cc1C. The molecule has 1 heterocycles. The maximum atomic E-state index is 13.0. The van der Waals surface area contributed by atoms with Crippen molar-refractivity contribution in [1.82, 2.24) is 19.7 Å². The minimum atomic E-state index is -0.252. The summed E-state index contributed by atoms with van der Waals surface area (Å²) < 4.78 is 1.96. The van der Waals surface area contributed by atoms with Crippen LogP contribution in [-0.2, 0) is 11.3 Å². The molecule has 0 bridgehead atoms. The Morgan fingerprint density at radius 2 is 1.93 bits per heavy atom. The molecule has 6 heteroatoms. The van der Waals surface area contributed by atoms with Gasteiger partial charge in [-0.15, -0.1) is 10.2 Å². The van der Waals surface area contributed by atoms with Crippen LogP contribution in [0.3, 0.4) is 0 Å². The lowest BCUT2D eigenvalue weighted by Gasteiger charge is -2.24. The number of carbonyl (C=O) groups is 1. The summed E-state index contributed by atoms with van der Waals surface area (Å²) in [6.07, 6.45) is 1.71. The molecule has 0 radical (unpaired) electrons. The number of benzene rings is 2. The van der Waals surface area contributed by atoms with Crippen molar-refractivity contribution in [1.29, 1.82) is 0 Å². The largest absolute Gasteiger partial charge is 0.338 e. The molecule has 3 rings (SSSR count). The van der Waals surface area contributed by atoms with Gasteiger partial charge < -0.3 is 4.90 Å². The van der Waals surface area contributed by atoms with Gasteiger partial charge in [0.2, 0.25) is 5.91 Å². The van der Waals surface area contributed by atoms with Crippen molar-refractivity contribution in [2.75, 3.05) is 6.54 Å². The van der Waals surface area contributed by atoms with Gasteiger partial charge in [-0.3, -0.25) is 9.36 Å². The molecule has 1 amide bonds. The molecule has 1 aromatic heterocycles. The Labute approximate surface area is 170 Å². The van der Waals surface area contributed by atoms with E-state index in [-0.39, 0.29) is 11.2 Å². The number of aryl methyl sites for hydroxylation is 2. The molecule has 0 saturated heterocycles. The van der Waals surface area contributed by atoms with Gasteiger partial charge in [0.15, 0.2) is 5.16 Å². The third kappa shape index (κ3) is 4.62. The predicted octanol–water partition coefficient (Wildman–Crippen LogP) is 4.41. The maximum absolute atomic E-state index is 13.0. The van der Waals surface area contributed by atoms with E-state index in [0.29, 0.717) is 13.1 Å². The van der Waals surface area contributed by atoms with Crippen molar-refractivity contribution in [2.24, 2.45) is 0 Å². The van der Waals surface area contributed by atoms with E-state index in [4.69, 9.17) is 0 Å². The zero-order chi connectivity index (χ0) is 20.1. The van der Waals surface area contributed by atoms with Gasteiger partial charge in [0, 0.05) is 13.1 Å². The van der Waals surface area contributed by atoms with Gasteiger partial charge in [0.25, 0.3) is 0 Å². The van der Waals surface area contributed by atoms with Crippen LogP contribution in [0.15, 0.2) is 60.0 Å². The second-order valence-electron chi connectivity index (χ2n) is 6.87. The summed E-state index contributed by atoms with van der Waals surface area (Å²) in [5, 5.41) is 8.80. The number of rotatable bonds is 7. The van der Waals surface area contributed by atoms with E-state index in [1.807, 2.05) is 53.6 Å². The standard InChI is InChI=1S/C22H26N4OS/c1-5-25(14-19-9-7-6-8-10-19)21(27)18(4)28-22-24-23-15-26(22)20-12-11-16(2)13-17(20)3/h6-13,15,18H,5,14H2,1-4H3. The second kappa shape index (κ2) is 9.06. The Morgan fingerprint density at radius 3 is 2.61 bits per heavy atom. The van der Waals surface area contributed by atoms with E-state index in [9.17, 15) is 4.79 Å². The highest BCUT2D eigenvalue weighted by Crippen LogP contribution is 2.27. The van der Waals surface area contributed by atoms with Crippen LogP contribution in [0.2, 0.25) is 0 Å². The first-order valence-electron chi connectivity index (χ1n) is 9.46. The first-order valence-corrected chi connectivity index (χ1v) is 10.3. The van der Waals surface area contributed by atoms with Crippen LogP contribution in [-0.4, -0.2) is 37.4 Å². The van der Waals surface area contributed by atoms with Crippen molar-refractivity contribution in [3.05, 3.63) is 71.5 Å². The van der Waals surface area contributed by atoms with Crippen LogP contribution in [0.25, 0.3) is 5.69 Å². The fourth-order valence-corrected chi connectivity index (χ4v) is 4.08. The minimum Gasteiger partial charge on any atom is -0.338 e. The lowest BCUT2D eigenvalue weighted by molar-refractivity contribution is -0.130. The van der Waals surface area contributed by atoms with E-state index in [0.717, 1.165) is 22.0 Å². The summed E-state index contributed by atoms with van der Waals surface area (Å²) in [7, 11) is 0. The van der Waals surface area contributed by atoms with E-state index in [2.05, 4.69) is 42.2 Å². The van der Waals surface area contributed by atoms with Gasteiger partial charge >= 0.3 is 0 Å². The lowest BCUT2D eigenvalue weighted by atomic mass is 10.1. The number of aromatic nitrogens is 3. The van der Waals surface area contributed by atoms with Crippen LogP contribution in [0.5, 0.6) is 0 Å². The highest BCUT2D eigenvalue weighted by molar-refractivity contribution is 8.00. The molecule has 5 nitrogen and oxygen atoms in total. The molecule has 146 valence electrons. The number of hydrogen-bond donors (Lipinski definition) is 0. The Balaban J connectivity index is 1.75. The van der Waals surface area contributed by atoms with Gasteiger partial charge in [0.05, 0.1) is 10.9 Å².